The third kappa shape index (κ3) is 3.47. The van der Waals surface area contributed by atoms with Crippen LogP contribution in [0.25, 0.3) is 0 Å². The molecule has 5 nitrogen and oxygen atoms in total. The Kier molecular flexibility index (Phi) is 5.12. The second kappa shape index (κ2) is 6.07. The van der Waals surface area contributed by atoms with Crippen LogP contribution in [0.2, 0.25) is 5.02 Å². The van der Waals surface area contributed by atoms with Gasteiger partial charge in [0.25, 0.3) is 0 Å². The SMILES string of the molecule is Cc1cc(S(=O)(=O)N(CC(=O)O)C(C)C)c(Cl)cc1F. The summed E-state index contributed by atoms with van der Waals surface area (Å²) in [6.07, 6.45) is 0. The Hall–Kier alpha value is -1.18. The van der Waals surface area contributed by atoms with E-state index in [2.05, 4.69) is 0 Å². The fraction of sp³-hybridized carbons (Fsp3) is 0.417. The van der Waals surface area contributed by atoms with E-state index in [4.69, 9.17) is 16.7 Å². The zero-order valence-corrected chi connectivity index (χ0v) is 12.8. The molecular weight excluding hydrogens is 309 g/mol. The molecule has 0 saturated carbocycles. The van der Waals surface area contributed by atoms with Gasteiger partial charge in [-0.1, -0.05) is 11.6 Å². The van der Waals surface area contributed by atoms with Crippen LogP contribution in [0.5, 0.6) is 0 Å². The molecule has 0 aromatic heterocycles. The van der Waals surface area contributed by atoms with Crippen LogP contribution >= 0.6 is 11.6 Å². The monoisotopic (exact) mass is 323 g/mol. The molecule has 0 unspecified atom stereocenters. The van der Waals surface area contributed by atoms with Gasteiger partial charge in [-0.05, 0) is 38.5 Å². The van der Waals surface area contributed by atoms with Gasteiger partial charge in [-0.2, -0.15) is 4.31 Å². The maximum absolute atomic E-state index is 13.3. The lowest BCUT2D eigenvalue weighted by Gasteiger charge is -2.24. The third-order valence-electron chi connectivity index (χ3n) is 2.67. The van der Waals surface area contributed by atoms with E-state index in [0.29, 0.717) is 0 Å². The summed E-state index contributed by atoms with van der Waals surface area (Å²) >= 11 is 5.78. The summed E-state index contributed by atoms with van der Waals surface area (Å²) in [6.45, 7) is 3.81. The van der Waals surface area contributed by atoms with Crippen LogP contribution in [0.15, 0.2) is 17.0 Å². The predicted molar refractivity (Wildman–Crippen MR) is 72.8 cm³/mol. The lowest BCUT2D eigenvalue weighted by atomic mass is 10.2. The number of sulfonamides is 1. The zero-order valence-electron chi connectivity index (χ0n) is 11.2. The van der Waals surface area contributed by atoms with Crippen molar-refractivity contribution in [3.63, 3.8) is 0 Å². The van der Waals surface area contributed by atoms with E-state index in [-0.39, 0.29) is 15.5 Å². The van der Waals surface area contributed by atoms with Crippen LogP contribution in [0.3, 0.4) is 0 Å². The molecule has 0 heterocycles. The van der Waals surface area contributed by atoms with Gasteiger partial charge >= 0.3 is 5.97 Å². The fourth-order valence-corrected chi connectivity index (χ4v) is 3.80. The Morgan fingerprint density at radius 1 is 1.45 bits per heavy atom. The standard InChI is InChI=1S/C12H15ClFNO4S/c1-7(2)15(6-12(16)17)20(18,19)11-4-8(3)10(14)5-9(11)13/h4-5,7H,6H2,1-3H3,(H,16,17). The normalized spacial score (nSPS) is 12.2. The second-order valence-electron chi connectivity index (χ2n) is 4.57. The van der Waals surface area contributed by atoms with Crippen molar-refractivity contribution in [2.75, 3.05) is 6.54 Å². The molecule has 0 saturated heterocycles. The summed E-state index contributed by atoms with van der Waals surface area (Å²) < 4.78 is 39.0. The zero-order chi connectivity index (χ0) is 15.7. The van der Waals surface area contributed by atoms with Gasteiger partial charge < -0.3 is 5.11 Å². The molecule has 0 aliphatic rings. The van der Waals surface area contributed by atoms with Crippen molar-refractivity contribution in [1.29, 1.82) is 0 Å². The van der Waals surface area contributed by atoms with Crippen molar-refractivity contribution in [3.05, 3.63) is 28.5 Å². The lowest BCUT2D eigenvalue weighted by molar-refractivity contribution is -0.137. The highest BCUT2D eigenvalue weighted by atomic mass is 35.5. The number of hydrogen-bond acceptors (Lipinski definition) is 3. The van der Waals surface area contributed by atoms with Crippen LogP contribution in [-0.4, -0.2) is 36.4 Å². The van der Waals surface area contributed by atoms with Gasteiger partial charge in [0.15, 0.2) is 0 Å². The van der Waals surface area contributed by atoms with E-state index in [1.165, 1.54) is 6.92 Å². The molecule has 0 spiro atoms. The molecule has 1 aromatic rings. The average Bonchev–Trinajstić information content (AvgIpc) is 2.29. The fourth-order valence-electron chi connectivity index (χ4n) is 1.63. The van der Waals surface area contributed by atoms with Gasteiger partial charge in [-0.3, -0.25) is 4.79 Å². The number of rotatable bonds is 5. The molecular formula is C12H15ClFNO4S. The first-order valence-electron chi connectivity index (χ1n) is 5.76. The van der Waals surface area contributed by atoms with Gasteiger partial charge in [0, 0.05) is 6.04 Å². The molecule has 0 radical (unpaired) electrons. The number of benzene rings is 1. The minimum Gasteiger partial charge on any atom is -0.480 e. The molecule has 0 bridgehead atoms. The molecule has 1 aromatic carbocycles. The second-order valence-corrected chi connectivity index (χ2v) is 6.84. The van der Waals surface area contributed by atoms with Gasteiger partial charge in [-0.15, -0.1) is 0 Å². The maximum Gasteiger partial charge on any atom is 0.318 e. The number of aryl methyl sites for hydroxylation is 1. The molecule has 0 amide bonds. The molecule has 1 N–H and O–H groups in total. The van der Waals surface area contributed by atoms with E-state index in [1.54, 1.807) is 13.8 Å². The summed E-state index contributed by atoms with van der Waals surface area (Å²) in [5.74, 6) is -1.90. The topological polar surface area (TPSA) is 74.7 Å². The van der Waals surface area contributed by atoms with E-state index in [0.717, 1.165) is 16.4 Å². The molecule has 0 aliphatic heterocycles. The average molecular weight is 324 g/mol. The van der Waals surface area contributed by atoms with E-state index < -0.39 is 34.4 Å². The Labute approximate surface area is 122 Å². The number of aliphatic carboxylic acids is 1. The first-order chi connectivity index (χ1) is 9.07. The van der Waals surface area contributed by atoms with Crippen molar-refractivity contribution in [2.24, 2.45) is 0 Å². The van der Waals surface area contributed by atoms with Crippen LogP contribution in [0, 0.1) is 12.7 Å². The van der Waals surface area contributed by atoms with Crippen molar-refractivity contribution in [3.8, 4) is 0 Å². The molecule has 112 valence electrons. The summed E-state index contributed by atoms with van der Waals surface area (Å²) in [4.78, 5) is 10.5. The Morgan fingerprint density at radius 3 is 2.45 bits per heavy atom. The highest BCUT2D eigenvalue weighted by Gasteiger charge is 2.31. The summed E-state index contributed by atoms with van der Waals surface area (Å²) in [7, 11) is -4.11. The van der Waals surface area contributed by atoms with E-state index in [9.17, 15) is 17.6 Å². The van der Waals surface area contributed by atoms with E-state index >= 15 is 0 Å². The summed E-state index contributed by atoms with van der Waals surface area (Å²) in [5.41, 5.74) is 0.118. The molecule has 0 atom stereocenters. The third-order valence-corrected chi connectivity index (χ3v) is 5.15. The smallest absolute Gasteiger partial charge is 0.318 e. The molecule has 0 aliphatic carbocycles. The Bertz CT molecular complexity index is 631. The van der Waals surface area contributed by atoms with Crippen LogP contribution in [0.1, 0.15) is 19.4 Å². The Morgan fingerprint density at radius 2 is 2.00 bits per heavy atom. The van der Waals surface area contributed by atoms with Crippen LogP contribution in [0.4, 0.5) is 4.39 Å². The van der Waals surface area contributed by atoms with E-state index in [1.807, 2.05) is 0 Å². The van der Waals surface area contributed by atoms with Crippen molar-refractivity contribution < 1.29 is 22.7 Å². The summed E-state index contributed by atoms with van der Waals surface area (Å²) in [6, 6.07) is 1.44. The maximum atomic E-state index is 13.3. The number of carbonyl (C=O) groups is 1. The van der Waals surface area contributed by atoms with Crippen molar-refractivity contribution in [2.45, 2.75) is 31.7 Å². The van der Waals surface area contributed by atoms with Crippen LogP contribution < -0.4 is 0 Å². The van der Waals surface area contributed by atoms with Gasteiger partial charge in [0.2, 0.25) is 10.0 Å². The minimum atomic E-state index is -4.11. The molecule has 0 fully saturated rings. The first kappa shape index (κ1) is 16.9. The van der Waals surface area contributed by atoms with Crippen LogP contribution in [-0.2, 0) is 14.8 Å². The highest BCUT2D eigenvalue weighted by molar-refractivity contribution is 7.89. The number of carboxylic acids is 1. The van der Waals surface area contributed by atoms with Crippen molar-refractivity contribution >= 4 is 27.6 Å². The minimum absolute atomic E-state index is 0.118. The number of nitrogens with zero attached hydrogens (tertiary/aromatic N) is 1. The molecule has 8 heteroatoms. The number of halogens is 2. The first-order valence-corrected chi connectivity index (χ1v) is 7.58. The molecule has 20 heavy (non-hydrogen) atoms. The van der Waals surface area contributed by atoms with Gasteiger partial charge in [0.05, 0.1) is 5.02 Å². The Balaban J connectivity index is 3.41. The lowest BCUT2D eigenvalue weighted by Crippen LogP contribution is -2.40. The number of carboxylic acid groups (broad SMARTS) is 1. The van der Waals surface area contributed by atoms with Crippen molar-refractivity contribution in [1.82, 2.24) is 4.31 Å². The summed E-state index contributed by atoms with van der Waals surface area (Å²) in [5, 5.41) is 8.54. The van der Waals surface area contributed by atoms with Gasteiger partial charge in [0.1, 0.15) is 17.3 Å². The number of hydrogen-bond donors (Lipinski definition) is 1. The predicted octanol–water partition coefficient (Wildman–Crippen LogP) is 2.27. The quantitative estimate of drug-likeness (QED) is 0.902. The molecule has 1 rings (SSSR count). The highest BCUT2D eigenvalue weighted by Crippen LogP contribution is 2.28. The van der Waals surface area contributed by atoms with Gasteiger partial charge in [-0.25, -0.2) is 12.8 Å². The largest absolute Gasteiger partial charge is 0.480 e.